The molecule has 0 saturated carbocycles. The zero-order chi connectivity index (χ0) is 13.1. The topological polar surface area (TPSA) is 70.9 Å². The summed E-state index contributed by atoms with van der Waals surface area (Å²) in [5.41, 5.74) is 7.78. The second-order valence-electron chi connectivity index (χ2n) is 4.19. The van der Waals surface area contributed by atoms with Crippen LogP contribution in [0.25, 0.3) is 0 Å². The molecule has 0 radical (unpaired) electrons. The number of aryl methyl sites for hydroxylation is 1. The van der Waals surface area contributed by atoms with Gasteiger partial charge in [0, 0.05) is 32.2 Å². The Hall–Kier alpha value is -2.48. The molecule has 1 heterocycles. The van der Waals surface area contributed by atoms with Crippen molar-refractivity contribution in [2.24, 2.45) is 7.05 Å². The smallest absolute Gasteiger partial charge is 0.127 e. The van der Waals surface area contributed by atoms with Gasteiger partial charge in [-0.2, -0.15) is 5.26 Å². The van der Waals surface area contributed by atoms with Gasteiger partial charge in [0.15, 0.2) is 0 Å². The summed E-state index contributed by atoms with van der Waals surface area (Å²) in [7, 11) is 3.93. The Balaban J connectivity index is 2.19. The van der Waals surface area contributed by atoms with Gasteiger partial charge in [0.05, 0.1) is 17.8 Å². The molecule has 0 unspecified atom stereocenters. The molecule has 1 aromatic heterocycles. The van der Waals surface area contributed by atoms with Gasteiger partial charge in [-0.15, -0.1) is 0 Å². The number of nitrogens with zero attached hydrogens (tertiary/aromatic N) is 4. The van der Waals surface area contributed by atoms with Crippen molar-refractivity contribution >= 4 is 11.4 Å². The second-order valence-corrected chi connectivity index (χ2v) is 4.19. The van der Waals surface area contributed by atoms with Crippen molar-refractivity contribution in [2.75, 3.05) is 17.7 Å². The number of nitrogens with two attached hydrogens (primary N) is 1. The van der Waals surface area contributed by atoms with Crippen LogP contribution >= 0.6 is 0 Å². The number of nitriles is 1. The van der Waals surface area contributed by atoms with Crippen LogP contribution in [0.15, 0.2) is 30.6 Å². The summed E-state index contributed by atoms with van der Waals surface area (Å²) >= 11 is 0. The van der Waals surface area contributed by atoms with E-state index in [1.165, 1.54) is 0 Å². The lowest BCUT2D eigenvalue weighted by molar-refractivity contribution is 0.762. The van der Waals surface area contributed by atoms with Crippen LogP contribution in [-0.4, -0.2) is 16.6 Å². The van der Waals surface area contributed by atoms with E-state index in [9.17, 15) is 0 Å². The minimum Gasteiger partial charge on any atom is -0.398 e. The van der Waals surface area contributed by atoms with Crippen LogP contribution in [-0.2, 0) is 13.6 Å². The molecule has 0 aliphatic carbocycles. The maximum absolute atomic E-state index is 8.83. The zero-order valence-corrected chi connectivity index (χ0v) is 10.5. The van der Waals surface area contributed by atoms with Crippen molar-refractivity contribution in [1.29, 1.82) is 5.26 Å². The summed E-state index contributed by atoms with van der Waals surface area (Å²) in [5, 5.41) is 8.83. The lowest BCUT2D eigenvalue weighted by Crippen LogP contribution is -2.19. The van der Waals surface area contributed by atoms with E-state index in [1.54, 1.807) is 12.3 Å². The number of anilines is 2. The molecule has 2 rings (SSSR count). The molecule has 92 valence electrons. The predicted molar refractivity (Wildman–Crippen MR) is 70.9 cm³/mol. The molecule has 0 aliphatic heterocycles. The molecule has 2 aromatic rings. The lowest BCUT2D eigenvalue weighted by atomic mass is 10.1. The van der Waals surface area contributed by atoms with Gasteiger partial charge in [-0.1, -0.05) is 0 Å². The highest BCUT2D eigenvalue weighted by atomic mass is 15.2. The molecule has 0 fully saturated rings. The third-order valence-electron chi connectivity index (χ3n) is 2.90. The van der Waals surface area contributed by atoms with Crippen LogP contribution in [0.1, 0.15) is 11.4 Å². The molecule has 0 bridgehead atoms. The number of hydrogen-bond acceptors (Lipinski definition) is 4. The Morgan fingerprint density at radius 2 is 2.28 bits per heavy atom. The molecule has 0 aliphatic rings. The number of rotatable bonds is 3. The molecule has 5 nitrogen and oxygen atoms in total. The molecule has 5 heteroatoms. The third kappa shape index (κ3) is 2.28. The largest absolute Gasteiger partial charge is 0.398 e. The molecular weight excluding hydrogens is 226 g/mol. The quantitative estimate of drug-likeness (QED) is 0.827. The summed E-state index contributed by atoms with van der Waals surface area (Å²) in [4.78, 5) is 6.32. The number of benzene rings is 1. The van der Waals surface area contributed by atoms with E-state index in [2.05, 4.69) is 11.1 Å². The third-order valence-corrected chi connectivity index (χ3v) is 2.90. The first-order valence-corrected chi connectivity index (χ1v) is 5.59. The Labute approximate surface area is 106 Å². The molecule has 0 spiro atoms. The van der Waals surface area contributed by atoms with Crippen LogP contribution in [0.3, 0.4) is 0 Å². The van der Waals surface area contributed by atoms with Gasteiger partial charge in [-0.05, 0) is 18.2 Å². The first-order chi connectivity index (χ1) is 8.61. The van der Waals surface area contributed by atoms with Crippen molar-refractivity contribution in [3.05, 3.63) is 42.0 Å². The molecule has 0 saturated heterocycles. The van der Waals surface area contributed by atoms with E-state index in [1.807, 2.05) is 41.9 Å². The fraction of sp³-hybridized carbons (Fsp3) is 0.231. The average Bonchev–Trinajstić information content (AvgIpc) is 2.75. The van der Waals surface area contributed by atoms with E-state index in [-0.39, 0.29) is 0 Å². The van der Waals surface area contributed by atoms with Gasteiger partial charge in [-0.3, -0.25) is 0 Å². The van der Waals surface area contributed by atoms with Crippen LogP contribution in [0.2, 0.25) is 0 Å². The monoisotopic (exact) mass is 241 g/mol. The fourth-order valence-electron chi connectivity index (χ4n) is 1.74. The average molecular weight is 241 g/mol. The summed E-state index contributed by atoms with van der Waals surface area (Å²) in [6, 6.07) is 7.49. The van der Waals surface area contributed by atoms with Gasteiger partial charge in [0.25, 0.3) is 0 Å². The maximum Gasteiger partial charge on any atom is 0.127 e. The summed E-state index contributed by atoms with van der Waals surface area (Å²) in [6.07, 6.45) is 3.69. The molecule has 1 aromatic carbocycles. The molecule has 0 atom stereocenters. The number of nitrogen functional groups attached to an aromatic ring is 1. The van der Waals surface area contributed by atoms with Crippen molar-refractivity contribution in [3.63, 3.8) is 0 Å². The number of imidazole rings is 1. The normalized spacial score (nSPS) is 10.1. The second kappa shape index (κ2) is 4.80. The summed E-state index contributed by atoms with van der Waals surface area (Å²) in [5.74, 6) is 0.973. The molecule has 0 amide bonds. The highest BCUT2D eigenvalue weighted by Gasteiger charge is 2.07. The highest BCUT2D eigenvalue weighted by Crippen LogP contribution is 2.21. The molecule has 2 N–H and O–H groups in total. The number of aromatic nitrogens is 2. The molecule has 18 heavy (non-hydrogen) atoms. The van der Waals surface area contributed by atoms with Gasteiger partial charge in [-0.25, -0.2) is 4.98 Å². The van der Waals surface area contributed by atoms with E-state index >= 15 is 0 Å². The van der Waals surface area contributed by atoms with Crippen LogP contribution < -0.4 is 10.6 Å². The van der Waals surface area contributed by atoms with Gasteiger partial charge in [0.1, 0.15) is 11.9 Å². The van der Waals surface area contributed by atoms with Crippen molar-refractivity contribution in [1.82, 2.24) is 9.55 Å². The van der Waals surface area contributed by atoms with Gasteiger partial charge in [0.2, 0.25) is 0 Å². The predicted octanol–water partition coefficient (Wildman–Crippen LogP) is 1.51. The SMILES string of the molecule is CN(Cc1nccn1C)c1ccc(C#N)c(N)c1. The van der Waals surface area contributed by atoms with Crippen LogP contribution in [0, 0.1) is 11.3 Å². The van der Waals surface area contributed by atoms with Gasteiger partial charge >= 0.3 is 0 Å². The van der Waals surface area contributed by atoms with Crippen LogP contribution in [0.4, 0.5) is 11.4 Å². The summed E-state index contributed by atoms with van der Waals surface area (Å²) < 4.78 is 1.98. The first kappa shape index (κ1) is 12.0. The Morgan fingerprint density at radius 3 is 2.83 bits per heavy atom. The van der Waals surface area contributed by atoms with E-state index in [4.69, 9.17) is 11.0 Å². The first-order valence-electron chi connectivity index (χ1n) is 5.59. The van der Waals surface area contributed by atoms with E-state index < -0.39 is 0 Å². The van der Waals surface area contributed by atoms with E-state index in [0.29, 0.717) is 17.8 Å². The minimum absolute atomic E-state index is 0.502. The Morgan fingerprint density at radius 1 is 1.50 bits per heavy atom. The Bertz CT molecular complexity index is 594. The molecular formula is C13H15N5. The Kier molecular flexibility index (Phi) is 3.20. The van der Waals surface area contributed by atoms with E-state index in [0.717, 1.165) is 11.5 Å². The number of hydrogen-bond donors (Lipinski definition) is 1. The van der Waals surface area contributed by atoms with Crippen molar-refractivity contribution in [2.45, 2.75) is 6.54 Å². The zero-order valence-electron chi connectivity index (χ0n) is 10.5. The fourth-order valence-corrected chi connectivity index (χ4v) is 1.74. The highest BCUT2D eigenvalue weighted by molar-refractivity contribution is 5.63. The van der Waals surface area contributed by atoms with Crippen molar-refractivity contribution in [3.8, 4) is 6.07 Å². The minimum atomic E-state index is 0.502. The van der Waals surface area contributed by atoms with Crippen LogP contribution in [0.5, 0.6) is 0 Å². The van der Waals surface area contributed by atoms with Crippen molar-refractivity contribution < 1.29 is 0 Å². The maximum atomic E-state index is 8.83. The standard InChI is InChI=1S/C13H15N5/c1-17-6-5-16-13(17)9-18(2)11-4-3-10(8-14)12(15)7-11/h3-7H,9,15H2,1-2H3. The summed E-state index contributed by atoms with van der Waals surface area (Å²) in [6.45, 7) is 0.689. The van der Waals surface area contributed by atoms with Gasteiger partial charge < -0.3 is 15.2 Å². The lowest BCUT2D eigenvalue weighted by Gasteiger charge is -2.19.